The van der Waals surface area contributed by atoms with Crippen LogP contribution < -0.4 is 15.4 Å². The molecule has 0 aliphatic rings. The van der Waals surface area contributed by atoms with Crippen LogP contribution in [-0.2, 0) is 16.4 Å². The highest BCUT2D eigenvalue weighted by Crippen LogP contribution is 2.19. The number of nitrogens with one attached hydrogen (secondary N) is 2. The number of sulfone groups is 1. The van der Waals surface area contributed by atoms with E-state index in [4.69, 9.17) is 0 Å². The highest BCUT2D eigenvalue weighted by Gasteiger charge is 2.13. The van der Waals surface area contributed by atoms with Crippen molar-refractivity contribution in [1.82, 2.24) is 10.6 Å². The zero-order valence-corrected chi connectivity index (χ0v) is 16.3. The molecular formula is C19H23F2N3O3S. The van der Waals surface area contributed by atoms with Crippen molar-refractivity contribution in [3.63, 3.8) is 0 Å². The Balaban J connectivity index is 1.81. The number of hydrogen-bond acceptors (Lipinski definition) is 4. The van der Waals surface area contributed by atoms with E-state index in [1.54, 1.807) is 55.6 Å². The van der Waals surface area contributed by atoms with Gasteiger partial charge in [0, 0.05) is 25.7 Å². The van der Waals surface area contributed by atoms with E-state index >= 15 is 0 Å². The molecule has 0 aliphatic heterocycles. The van der Waals surface area contributed by atoms with Crippen molar-refractivity contribution in [3.8, 4) is 5.75 Å². The molecule has 6 nitrogen and oxygen atoms in total. The van der Waals surface area contributed by atoms with Gasteiger partial charge in [0.05, 0.1) is 10.6 Å². The summed E-state index contributed by atoms with van der Waals surface area (Å²) in [6.45, 7) is -2.28. The maximum absolute atomic E-state index is 12.5. The number of guanidine groups is 1. The molecule has 0 heterocycles. The van der Waals surface area contributed by atoms with Crippen LogP contribution in [0.3, 0.4) is 0 Å². The van der Waals surface area contributed by atoms with Crippen LogP contribution in [0.25, 0.3) is 0 Å². The molecule has 0 atom stereocenters. The van der Waals surface area contributed by atoms with E-state index in [1.807, 2.05) is 0 Å². The van der Waals surface area contributed by atoms with Crippen LogP contribution in [0.2, 0.25) is 0 Å². The molecule has 2 aromatic rings. The topological polar surface area (TPSA) is 79.8 Å². The number of ether oxygens (including phenoxy) is 1. The summed E-state index contributed by atoms with van der Waals surface area (Å²) in [5.41, 5.74) is 0.553. The fraction of sp³-hybridized carbons (Fsp3) is 0.316. The van der Waals surface area contributed by atoms with E-state index in [2.05, 4.69) is 20.4 Å². The molecule has 9 heteroatoms. The Kier molecular flexibility index (Phi) is 8.19. The van der Waals surface area contributed by atoms with Crippen molar-refractivity contribution in [3.05, 3.63) is 60.2 Å². The third-order valence-electron chi connectivity index (χ3n) is 3.84. The molecule has 28 heavy (non-hydrogen) atoms. The number of halogens is 2. The van der Waals surface area contributed by atoms with Crippen LogP contribution in [-0.4, -0.2) is 40.3 Å². The molecule has 0 unspecified atom stereocenters. The lowest BCUT2D eigenvalue weighted by Crippen LogP contribution is -2.37. The maximum atomic E-state index is 12.5. The summed E-state index contributed by atoms with van der Waals surface area (Å²) in [6, 6.07) is 14.8. The molecule has 0 radical (unpaired) electrons. The van der Waals surface area contributed by atoms with E-state index in [0.717, 1.165) is 0 Å². The molecule has 152 valence electrons. The number of rotatable bonds is 9. The Bertz CT molecular complexity index is 875. The molecule has 0 saturated heterocycles. The lowest BCUT2D eigenvalue weighted by Gasteiger charge is -2.14. The minimum absolute atomic E-state index is 0.00602. The van der Waals surface area contributed by atoms with Gasteiger partial charge in [-0.2, -0.15) is 8.78 Å². The van der Waals surface area contributed by atoms with E-state index < -0.39 is 16.4 Å². The van der Waals surface area contributed by atoms with Gasteiger partial charge in [-0.1, -0.05) is 36.4 Å². The van der Waals surface area contributed by atoms with E-state index in [0.29, 0.717) is 29.4 Å². The molecule has 0 bridgehead atoms. The Labute approximate surface area is 163 Å². The maximum Gasteiger partial charge on any atom is 0.387 e. The second-order valence-electron chi connectivity index (χ2n) is 5.82. The van der Waals surface area contributed by atoms with Gasteiger partial charge in [-0.15, -0.1) is 0 Å². The molecule has 0 aromatic heterocycles. The average Bonchev–Trinajstić information content (AvgIpc) is 2.69. The lowest BCUT2D eigenvalue weighted by atomic mass is 10.2. The summed E-state index contributed by atoms with van der Waals surface area (Å²) < 4.78 is 53.9. The summed E-state index contributed by atoms with van der Waals surface area (Å²) in [4.78, 5) is 4.34. The molecule has 0 amide bonds. The Morgan fingerprint density at radius 1 is 1.07 bits per heavy atom. The third-order valence-corrected chi connectivity index (χ3v) is 5.66. The fourth-order valence-electron chi connectivity index (χ4n) is 2.48. The van der Waals surface area contributed by atoms with Crippen molar-refractivity contribution < 1.29 is 21.9 Å². The first-order valence-electron chi connectivity index (χ1n) is 8.67. The Morgan fingerprint density at radius 3 is 2.43 bits per heavy atom. The van der Waals surface area contributed by atoms with Crippen molar-refractivity contribution in [2.24, 2.45) is 4.99 Å². The van der Waals surface area contributed by atoms with Gasteiger partial charge in [0.2, 0.25) is 0 Å². The van der Waals surface area contributed by atoms with Gasteiger partial charge in [-0.25, -0.2) is 8.42 Å². The standard InChI is InChI=1S/C19H23F2N3O3S/c1-22-19(24-14-15-8-5-6-11-17(15)27-18(20)21)23-12-7-13-28(25,26)16-9-3-2-4-10-16/h2-6,8-11,18H,7,12-14H2,1H3,(H2,22,23,24). The van der Waals surface area contributed by atoms with E-state index in [-0.39, 0.29) is 18.0 Å². The van der Waals surface area contributed by atoms with Crippen LogP contribution in [0.1, 0.15) is 12.0 Å². The number of aliphatic imine (C=N–C) groups is 1. The molecule has 0 spiro atoms. The van der Waals surface area contributed by atoms with E-state index in [9.17, 15) is 17.2 Å². The van der Waals surface area contributed by atoms with Crippen molar-refractivity contribution in [2.45, 2.75) is 24.5 Å². The SMILES string of the molecule is CN=C(NCCCS(=O)(=O)c1ccccc1)NCc1ccccc1OC(F)F. The quantitative estimate of drug-likeness (QED) is 0.377. The Morgan fingerprint density at radius 2 is 1.75 bits per heavy atom. The van der Waals surface area contributed by atoms with Crippen LogP contribution in [0.4, 0.5) is 8.78 Å². The van der Waals surface area contributed by atoms with Crippen LogP contribution >= 0.6 is 0 Å². The minimum Gasteiger partial charge on any atom is -0.434 e. The van der Waals surface area contributed by atoms with Crippen LogP contribution in [0.5, 0.6) is 5.75 Å². The second kappa shape index (κ2) is 10.6. The molecule has 2 rings (SSSR count). The predicted octanol–water partition coefficient (Wildman–Crippen LogP) is 2.82. The first kappa shape index (κ1) is 21.6. The number of benzene rings is 2. The van der Waals surface area contributed by atoms with Gasteiger partial charge >= 0.3 is 6.61 Å². The van der Waals surface area contributed by atoms with Crippen LogP contribution in [0.15, 0.2) is 64.5 Å². The fourth-order valence-corrected chi connectivity index (χ4v) is 3.81. The van der Waals surface area contributed by atoms with Gasteiger partial charge in [-0.3, -0.25) is 4.99 Å². The molecule has 0 aliphatic carbocycles. The van der Waals surface area contributed by atoms with E-state index in [1.165, 1.54) is 6.07 Å². The monoisotopic (exact) mass is 411 g/mol. The largest absolute Gasteiger partial charge is 0.434 e. The van der Waals surface area contributed by atoms with Gasteiger partial charge in [0.25, 0.3) is 0 Å². The van der Waals surface area contributed by atoms with Gasteiger partial charge in [0.15, 0.2) is 15.8 Å². The minimum atomic E-state index is -3.33. The average molecular weight is 411 g/mol. The molecule has 0 fully saturated rings. The molecule has 2 aromatic carbocycles. The van der Waals surface area contributed by atoms with Crippen molar-refractivity contribution in [2.75, 3.05) is 19.3 Å². The molecule has 0 saturated carbocycles. The first-order valence-corrected chi connectivity index (χ1v) is 10.3. The first-order chi connectivity index (χ1) is 13.4. The van der Waals surface area contributed by atoms with Gasteiger partial charge in [0.1, 0.15) is 5.75 Å². The summed E-state index contributed by atoms with van der Waals surface area (Å²) in [6.07, 6.45) is 0.392. The number of nitrogens with zero attached hydrogens (tertiary/aromatic N) is 1. The zero-order valence-electron chi connectivity index (χ0n) is 15.4. The van der Waals surface area contributed by atoms with Gasteiger partial charge in [-0.05, 0) is 24.6 Å². The molecule has 2 N–H and O–H groups in total. The van der Waals surface area contributed by atoms with Gasteiger partial charge < -0.3 is 15.4 Å². The van der Waals surface area contributed by atoms with Crippen molar-refractivity contribution >= 4 is 15.8 Å². The lowest BCUT2D eigenvalue weighted by molar-refractivity contribution is -0.0504. The number of alkyl halides is 2. The summed E-state index contributed by atoms with van der Waals surface area (Å²) in [7, 11) is -1.76. The summed E-state index contributed by atoms with van der Waals surface area (Å²) >= 11 is 0. The number of para-hydroxylation sites is 1. The zero-order chi connectivity index (χ0) is 20.4. The highest BCUT2D eigenvalue weighted by molar-refractivity contribution is 7.91. The predicted molar refractivity (Wildman–Crippen MR) is 104 cm³/mol. The molecular weight excluding hydrogens is 388 g/mol. The third kappa shape index (κ3) is 6.80. The van der Waals surface area contributed by atoms with Crippen LogP contribution in [0, 0.1) is 0 Å². The summed E-state index contributed by atoms with van der Waals surface area (Å²) in [5.74, 6) is 0.532. The normalized spacial score (nSPS) is 12.1. The highest BCUT2D eigenvalue weighted by atomic mass is 32.2. The number of hydrogen-bond donors (Lipinski definition) is 2. The summed E-state index contributed by atoms with van der Waals surface area (Å²) in [5, 5.41) is 6.00. The second-order valence-corrected chi connectivity index (χ2v) is 7.93. The van der Waals surface area contributed by atoms with Crippen molar-refractivity contribution in [1.29, 1.82) is 0 Å². The Hall–Kier alpha value is -2.68. The smallest absolute Gasteiger partial charge is 0.387 e.